The molecule has 0 aromatic carbocycles. The van der Waals surface area contributed by atoms with E-state index in [2.05, 4.69) is 16.0 Å². The maximum Gasteiger partial charge on any atom is 0.408 e. The Morgan fingerprint density at radius 2 is 1.90 bits per heavy atom. The fourth-order valence-electron chi connectivity index (χ4n) is 3.77. The Hall–Kier alpha value is -2.26. The molecule has 170 valence electrons. The van der Waals surface area contributed by atoms with E-state index < -0.39 is 36.1 Å². The SMILES string of the molecule is CC(C)C[C@H](NC(=O)OC1CCC(F)(F)CC1)C(=O)N[C@H](C=O)C[C@H]1CCNC1=O. The molecule has 3 N–H and O–H groups in total. The summed E-state index contributed by atoms with van der Waals surface area (Å²) in [7, 11) is 0. The quantitative estimate of drug-likeness (QED) is 0.483. The van der Waals surface area contributed by atoms with Gasteiger partial charge in [0.15, 0.2) is 0 Å². The van der Waals surface area contributed by atoms with Gasteiger partial charge >= 0.3 is 6.09 Å². The van der Waals surface area contributed by atoms with E-state index in [1.54, 1.807) is 0 Å². The normalized spacial score (nSPS) is 23.4. The van der Waals surface area contributed by atoms with Gasteiger partial charge in [0.1, 0.15) is 18.4 Å². The number of hydrogen-bond acceptors (Lipinski definition) is 5. The molecule has 0 bridgehead atoms. The Morgan fingerprint density at radius 3 is 2.43 bits per heavy atom. The van der Waals surface area contributed by atoms with Crippen molar-refractivity contribution in [3.05, 3.63) is 0 Å². The Morgan fingerprint density at radius 1 is 1.23 bits per heavy atom. The van der Waals surface area contributed by atoms with E-state index >= 15 is 0 Å². The maximum absolute atomic E-state index is 13.2. The third-order valence-electron chi connectivity index (χ3n) is 5.45. The van der Waals surface area contributed by atoms with E-state index in [1.807, 2.05) is 13.8 Å². The maximum atomic E-state index is 13.2. The van der Waals surface area contributed by atoms with Crippen molar-refractivity contribution in [2.45, 2.75) is 82.9 Å². The molecule has 8 nitrogen and oxygen atoms in total. The van der Waals surface area contributed by atoms with Crippen molar-refractivity contribution in [2.24, 2.45) is 11.8 Å². The van der Waals surface area contributed by atoms with Crippen molar-refractivity contribution in [3.63, 3.8) is 0 Å². The van der Waals surface area contributed by atoms with Crippen LogP contribution in [-0.4, -0.2) is 54.8 Å². The van der Waals surface area contributed by atoms with Crippen LogP contribution in [-0.2, 0) is 19.1 Å². The molecule has 2 rings (SSSR count). The molecular formula is C20H31F2N3O5. The zero-order chi connectivity index (χ0) is 22.3. The molecular weight excluding hydrogens is 400 g/mol. The zero-order valence-corrected chi connectivity index (χ0v) is 17.4. The highest BCUT2D eigenvalue weighted by Gasteiger charge is 2.37. The minimum Gasteiger partial charge on any atom is -0.446 e. The van der Waals surface area contributed by atoms with E-state index in [1.165, 1.54) is 0 Å². The van der Waals surface area contributed by atoms with Crippen LogP contribution < -0.4 is 16.0 Å². The first kappa shape index (κ1) is 24.0. The lowest BCUT2D eigenvalue weighted by Gasteiger charge is -2.29. The van der Waals surface area contributed by atoms with Crippen LogP contribution in [0, 0.1) is 11.8 Å². The highest BCUT2D eigenvalue weighted by atomic mass is 19.3. The summed E-state index contributed by atoms with van der Waals surface area (Å²) in [5.41, 5.74) is 0. The van der Waals surface area contributed by atoms with E-state index in [9.17, 15) is 28.0 Å². The van der Waals surface area contributed by atoms with Crippen molar-refractivity contribution in [1.29, 1.82) is 0 Å². The second-order valence-corrected chi connectivity index (χ2v) is 8.55. The molecule has 1 saturated carbocycles. The minimum absolute atomic E-state index is 0.0599. The lowest BCUT2D eigenvalue weighted by atomic mass is 9.94. The van der Waals surface area contributed by atoms with Crippen LogP contribution in [0.3, 0.4) is 0 Å². The lowest BCUT2D eigenvalue weighted by Crippen LogP contribution is -2.51. The van der Waals surface area contributed by atoms with Crippen LogP contribution in [0.4, 0.5) is 13.6 Å². The molecule has 0 unspecified atom stereocenters. The molecule has 2 fully saturated rings. The summed E-state index contributed by atoms with van der Waals surface area (Å²) in [5, 5.41) is 7.76. The number of alkyl halides is 2. The number of carbonyl (C=O) groups excluding carboxylic acids is 4. The van der Waals surface area contributed by atoms with Crippen LogP contribution in [0.2, 0.25) is 0 Å². The first-order chi connectivity index (χ1) is 14.1. The van der Waals surface area contributed by atoms with Gasteiger partial charge in [-0.3, -0.25) is 9.59 Å². The van der Waals surface area contributed by atoms with Gasteiger partial charge in [-0.05, 0) is 38.0 Å². The number of halogens is 2. The van der Waals surface area contributed by atoms with Gasteiger partial charge in [0.25, 0.3) is 0 Å². The molecule has 1 saturated heterocycles. The minimum atomic E-state index is -2.73. The number of carbonyl (C=O) groups is 4. The molecule has 30 heavy (non-hydrogen) atoms. The third-order valence-corrected chi connectivity index (χ3v) is 5.45. The molecule has 3 amide bonds. The molecule has 0 spiro atoms. The average molecular weight is 431 g/mol. The molecule has 1 aliphatic heterocycles. The van der Waals surface area contributed by atoms with E-state index in [0.717, 1.165) is 0 Å². The van der Waals surface area contributed by atoms with Gasteiger partial charge in [0, 0.05) is 25.3 Å². The third kappa shape index (κ3) is 7.53. The van der Waals surface area contributed by atoms with Crippen molar-refractivity contribution in [3.8, 4) is 0 Å². The lowest BCUT2D eigenvalue weighted by molar-refractivity contribution is -0.127. The fourth-order valence-corrected chi connectivity index (χ4v) is 3.77. The summed E-state index contributed by atoms with van der Waals surface area (Å²) in [5.74, 6) is -3.70. The summed E-state index contributed by atoms with van der Waals surface area (Å²) in [4.78, 5) is 48.0. The molecule has 0 aromatic rings. The molecule has 1 heterocycles. The van der Waals surface area contributed by atoms with Crippen LogP contribution >= 0.6 is 0 Å². The predicted molar refractivity (Wildman–Crippen MR) is 104 cm³/mol. The summed E-state index contributed by atoms with van der Waals surface area (Å²) < 4.78 is 31.7. The summed E-state index contributed by atoms with van der Waals surface area (Å²) >= 11 is 0. The molecule has 0 aromatic heterocycles. The Kier molecular flexibility index (Phi) is 8.54. The van der Waals surface area contributed by atoms with E-state index in [-0.39, 0.29) is 49.8 Å². The van der Waals surface area contributed by atoms with Gasteiger partial charge in [-0.2, -0.15) is 0 Å². The number of hydrogen-bond donors (Lipinski definition) is 3. The van der Waals surface area contributed by atoms with Gasteiger partial charge < -0.3 is 25.5 Å². The highest BCUT2D eigenvalue weighted by Crippen LogP contribution is 2.34. The molecule has 0 radical (unpaired) electrons. The monoisotopic (exact) mass is 431 g/mol. The Labute approximate surface area is 174 Å². The first-order valence-electron chi connectivity index (χ1n) is 10.5. The zero-order valence-electron chi connectivity index (χ0n) is 17.4. The number of aldehydes is 1. The second kappa shape index (κ2) is 10.7. The molecule has 3 atom stereocenters. The molecule has 1 aliphatic carbocycles. The largest absolute Gasteiger partial charge is 0.446 e. The topological polar surface area (TPSA) is 114 Å². The Bertz CT molecular complexity index is 634. The number of rotatable bonds is 9. The number of nitrogens with one attached hydrogen (secondary N) is 3. The second-order valence-electron chi connectivity index (χ2n) is 8.55. The van der Waals surface area contributed by atoms with Crippen LogP contribution in [0.1, 0.15) is 58.8 Å². The van der Waals surface area contributed by atoms with Crippen LogP contribution in [0.25, 0.3) is 0 Å². The van der Waals surface area contributed by atoms with Gasteiger partial charge in [-0.25, -0.2) is 13.6 Å². The fraction of sp³-hybridized carbons (Fsp3) is 0.800. The van der Waals surface area contributed by atoms with E-state index in [4.69, 9.17) is 4.74 Å². The predicted octanol–water partition coefficient (Wildman–Crippen LogP) is 1.92. The van der Waals surface area contributed by atoms with Crippen LogP contribution in [0.15, 0.2) is 0 Å². The van der Waals surface area contributed by atoms with Gasteiger partial charge in [0.05, 0.1) is 6.04 Å². The highest BCUT2D eigenvalue weighted by molar-refractivity contribution is 5.88. The van der Waals surface area contributed by atoms with E-state index in [0.29, 0.717) is 25.7 Å². The summed E-state index contributed by atoms with van der Waals surface area (Å²) in [6, 6.07) is -1.79. The molecule has 10 heteroatoms. The van der Waals surface area contributed by atoms with Crippen molar-refractivity contribution >= 4 is 24.2 Å². The van der Waals surface area contributed by atoms with Crippen LogP contribution in [0.5, 0.6) is 0 Å². The smallest absolute Gasteiger partial charge is 0.408 e. The first-order valence-corrected chi connectivity index (χ1v) is 10.5. The molecule has 2 aliphatic rings. The number of amides is 3. The van der Waals surface area contributed by atoms with Gasteiger partial charge in [-0.1, -0.05) is 13.8 Å². The van der Waals surface area contributed by atoms with Crippen molar-refractivity contribution in [2.75, 3.05) is 6.54 Å². The number of alkyl carbamates (subject to hydrolysis) is 1. The summed E-state index contributed by atoms with van der Waals surface area (Å²) in [6.45, 7) is 4.28. The summed E-state index contributed by atoms with van der Waals surface area (Å²) in [6.07, 6.45) is -0.325. The Balaban J connectivity index is 1.89. The standard InChI is InChI=1S/C20H31F2N3O5/c1-12(2)9-16(25-19(29)30-15-3-6-20(21,22)7-4-15)18(28)24-14(11-26)10-13-5-8-23-17(13)27/h11-16H,3-10H2,1-2H3,(H,23,27)(H,24,28)(H,25,29)/t13-,14+,16+/m1/s1. The van der Waals surface area contributed by atoms with Gasteiger partial charge in [-0.15, -0.1) is 0 Å². The van der Waals surface area contributed by atoms with Crippen molar-refractivity contribution < 1.29 is 32.7 Å². The number of ether oxygens (including phenoxy) is 1. The van der Waals surface area contributed by atoms with Crippen molar-refractivity contribution in [1.82, 2.24) is 16.0 Å². The average Bonchev–Trinajstić information content (AvgIpc) is 3.06. The van der Waals surface area contributed by atoms with Gasteiger partial charge in [0.2, 0.25) is 17.7 Å².